The van der Waals surface area contributed by atoms with Gasteiger partial charge in [-0.25, -0.2) is 0 Å². The topological polar surface area (TPSA) is 85.2 Å². The smallest absolute Gasteiger partial charge is 0.244 e. The maximum Gasteiger partial charge on any atom is 0.244 e. The third-order valence-electron chi connectivity index (χ3n) is 3.72. The Hall–Kier alpha value is -3.09. The van der Waals surface area contributed by atoms with Crippen LogP contribution in [0.25, 0.3) is 6.08 Å². The molecule has 1 unspecified atom stereocenters. The third kappa shape index (κ3) is 6.43. The number of nitrogens with zero attached hydrogens (tertiary/aromatic N) is 2. The van der Waals surface area contributed by atoms with Gasteiger partial charge in [-0.05, 0) is 43.2 Å². The van der Waals surface area contributed by atoms with Crippen molar-refractivity contribution in [1.82, 2.24) is 20.4 Å². The molecule has 0 aliphatic rings. The van der Waals surface area contributed by atoms with Crippen molar-refractivity contribution in [3.63, 3.8) is 0 Å². The van der Waals surface area contributed by atoms with Crippen LogP contribution in [0, 0.1) is 0 Å². The number of hydrogen-bond acceptors (Lipinski definition) is 4. The van der Waals surface area contributed by atoms with E-state index in [1.54, 1.807) is 31.0 Å². The molecule has 7 nitrogen and oxygen atoms in total. The molecule has 0 fully saturated rings. The number of amides is 2. The van der Waals surface area contributed by atoms with Crippen LogP contribution in [-0.2, 0) is 16.1 Å². The molecule has 2 N–H and O–H groups in total. The molecule has 138 valence electrons. The highest BCUT2D eigenvalue weighted by Crippen LogP contribution is 2.12. The van der Waals surface area contributed by atoms with E-state index in [0.717, 1.165) is 24.3 Å². The first-order valence-electron chi connectivity index (χ1n) is 8.46. The summed E-state index contributed by atoms with van der Waals surface area (Å²) in [6.07, 6.45) is 7.45. The summed E-state index contributed by atoms with van der Waals surface area (Å²) in [6.45, 7) is 2.92. The molecule has 1 heterocycles. The molecule has 0 radical (unpaired) electrons. The number of ether oxygens (including phenoxy) is 1. The van der Waals surface area contributed by atoms with Gasteiger partial charge in [0.1, 0.15) is 11.8 Å². The molecule has 0 aliphatic carbocycles. The fraction of sp³-hybridized carbons (Fsp3) is 0.316. The minimum atomic E-state index is -0.604. The Balaban J connectivity index is 1.69. The maximum atomic E-state index is 12.0. The van der Waals surface area contributed by atoms with E-state index in [1.807, 2.05) is 36.5 Å². The van der Waals surface area contributed by atoms with Gasteiger partial charge in [0.05, 0.1) is 7.11 Å². The molecule has 0 saturated carbocycles. The van der Waals surface area contributed by atoms with Crippen molar-refractivity contribution in [1.29, 1.82) is 0 Å². The molecule has 1 aromatic heterocycles. The monoisotopic (exact) mass is 356 g/mol. The lowest BCUT2D eigenvalue weighted by Crippen LogP contribution is -2.44. The Labute approximate surface area is 153 Å². The Kier molecular flexibility index (Phi) is 7.42. The second-order valence-electron chi connectivity index (χ2n) is 5.75. The fourth-order valence-electron chi connectivity index (χ4n) is 2.25. The van der Waals surface area contributed by atoms with Crippen molar-refractivity contribution in [2.24, 2.45) is 0 Å². The standard InChI is InChI=1S/C19H24N4O3/c1-15(19(25)20-11-3-13-23-14-4-12-21-23)22-18(24)10-7-16-5-8-17(26-2)9-6-16/h4-10,12,14-15H,3,11,13H2,1-2H3,(H,20,25)(H,22,24)/b10-7+. The third-order valence-corrected chi connectivity index (χ3v) is 3.72. The van der Waals surface area contributed by atoms with Crippen molar-refractivity contribution in [3.05, 3.63) is 54.4 Å². The molecule has 2 rings (SSSR count). The van der Waals surface area contributed by atoms with Crippen molar-refractivity contribution >= 4 is 17.9 Å². The lowest BCUT2D eigenvalue weighted by atomic mass is 10.2. The SMILES string of the molecule is COc1ccc(/C=C/C(=O)NC(C)C(=O)NCCCn2cccn2)cc1. The van der Waals surface area contributed by atoms with Gasteiger partial charge in [0, 0.05) is 31.6 Å². The number of carbonyl (C=O) groups is 2. The first-order chi connectivity index (χ1) is 12.6. The zero-order valence-electron chi connectivity index (χ0n) is 15.0. The number of aryl methyl sites for hydroxylation is 1. The van der Waals surface area contributed by atoms with Gasteiger partial charge in [-0.1, -0.05) is 12.1 Å². The van der Waals surface area contributed by atoms with Crippen LogP contribution in [0.1, 0.15) is 18.9 Å². The van der Waals surface area contributed by atoms with Crippen LogP contribution >= 0.6 is 0 Å². The molecule has 0 aliphatic heterocycles. The summed E-state index contributed by atoms with van der Waals surface area (Å²) < 4.78 is 6.89. The van der Waals surface area contributed by atoms with Gasteiger partial charge in [0.15, 0.2) is 0 Å². The Morgan fingerprint density at radius 1 is 1.31 bits per heavy atom. The average Bonchev–Trinajstić information content (AvgIpc) is 3.17. The summed E-state index contributed by atoms with van der Waals surface area (Å²) in [4.78, 5) is 23.9. The van der Waals surface area contributed by atoms with E-state index in [4.69, 9.17) is 4.74 Å². The van der Waals surface area contributed by atoms with Crippen molar-refractivity contribution in [2.45, 2.75) is 25.9 Å². The van der Waals surface area contributed by atoms with Crippen molar-refractivity contribution in [3.8, 4) is 5.75 Å². The zero-order chi connectivity index (χ0) is 18.8. The first kappa shape index (κ1) is 19.2. The molecular formula is C19H24N4O3. The highest BCUT2D eigenvalue weighted by molar-refractivity contribution is 5.95. The van der Waals surface area contributed by atoms with E-state index in [2.05, 4.69) is 15.7 Å². The van der Waals surface area contributed by atoms with Crippen LogP contribution in [0.15, 0.2) is 48.8 Å². The van der Waals surface area contributed by atoms with E-state index < -0.39 is 6.04 Å². The summed E-state index contributed by atoms with van der Waals surface area (Å²) in [5.74, 6) is 0.223. The molecule has 0 spiro atoms. The number of hydrogen-bond donors (Lipinski definition) is 2. The highest BCUT2D eigenvalue weighted by atomic mass is 16.5. The summed E-state index contributed by atoms with van der Waals surface area (Å²) in [5, 5.41) is 9.55. The molecule has 1 atom stereocenters. The molecule has 7 heteroatoms. The zero-order valence-corrected chi connectivity index (χ0v) is 15.0. The predicted octanol–water partition coefficient (Wildman–Crippen LogP) is 1.62. The van der Waals surface area contributed by atoms with Crippen LogP contribution in [0.5, 0.6) is 5.75 Å². The molecular weight excluding hydrogens is 332 g/mol. The normalized spacial score (nSPS) is 11.9. The van der Waals surface area contributed by atoms with E-state index in [1.165, 1.54) is 6.08 Å². The highest BCUT2D eigenvalue weighted by Gasteiger charge is 2.13. The number of methoxy groups -OCH3 is 1. The Bertz CT molecular complexity index is 724. The summed E-state index contributed by atoms with van der Waals surface area (Å²) in [7, 11) is 1.60. The van der Waals surface area contributed by atoms with Gasteiger partial charge in [0.25, 0.3) is 0 Å². The van der Waals surface area contributed by atoms with Crippen LogP contribution < -0.4 is 15.4 Å². The largest absolute Gasteiger partial charge is 0.497 e. The van der Waals surface area contributed by atoms with Gasteiger partial charge in [0.2, 0.25) is 11.8 Å². The van der Waals surface area contributed by atoms with E-state index in [-0.39, 0.29) is 11.8 Å². The van der Waals surface area contributed by atoms with E-state index in [9.17, 15) is 9.59 Å². The van der Waals surface area contributed by atoms with Crippen LogP contribution in [0.2, 0.25) is 0 Å². The Morgan fingerprint density at radius 3 is 2.73 bits per heavy atom. The van der Waals surface area contributed by atoms with E-state index >= 15 is 0 Å². The number of benzene rings is 1. The predicted molar refractivity (Wildman–Crippen MR) is 99.5 cm³/mol. The van der Waals surface area contributed by atoms with Crippen LogP contribution in [0.4, 0.5) is 0 Å². The average molecular weight is 356 g/mol. The van der Waals surface area contributed by atoms with E-state index in [0.29, 0.717) is 6.54 Å². The first-order valence-corrected chi connectivity index (χ1v) is 8.46. The van der Waals surface area contributed by atoms with Gasteiger partial charge >= 0.3 is 0 Å². The molecule has 2 amide bonds. The molecule has 2 aromatic rings. The summed E-state index contributed by atoms with van der Waals surface area (Å²) in [6, 6.07) is 8.58. The second kappa shape index (κ2) is 10.0. The lowest BCUT2D eigenvalue weighted by molar-refractivity contribution is -0.126. The minimum absolute atomic E-state index is 0.211. The summed E-state index contributed by atoms with van der Waals surface area (Å²) >= 11 is 0. The Morgan fingerprint density at radius 2 is 2.08 bits per heavy atom. The van der Waals surface area contributed by atoms with Gasteiger partial charge in [-0.3, -0.25) is 14.3 Å². The maximum absolute atomic E-state index is 12.0. The lowest BCUT2D eigenvalue weighted by Gasteiger charge is -2.13. The molecule has 1 aromatic carbocycles. The van der Waals surface area contributed by atoms with Crippen molar-refractivity contribution in [2.75, 3.05) is 13.7 Å². The number of carbonyl (C=O) groups excluding carboxylic acids is 2. The van der Waals surface area contributed by atoms with Gasteiger partial charge in [-0.15, -0.1) is 0 Å². The van der Waals surface area contributed by atoms with Crippen LogP contribution in [0.3, 0.4) is 0 Å². The molecule has 0 bridgehead atoms. The van der Waals surface area contributed by atoms with Crippen molar-refractivity contribution < 1.29 is 14.3 Å². The number of nitrogens with one attached hydrogen (secondary N) is 2. The molecule has 26 heavy (non-hydrogen) atoms. The van der Waals surface area contributed by atoms with Gasteiger partial charge in [-0.2, -0.15) is 5.10 Å². The number of rotatable bonds is 9. The fourth-order valence-corrected chi connectivity index (χ4v) is 2.25. The van der Waals surface area contributed by atoms with Crippen LogP contribution in [-0.4, -0.2) is 41.3 Å². The summed E-state index contributed by atoms with van der Waals surface area (Å²) in [5.41, 5.74) is 0.872. The number of aromatic nitrogens is 2. The second-order valence-corrected chi connectivity index (χ2v) is 5.75. The van der Waals surface area contributed by atoms with Gasteiger partial charge < -0.3 is 15.4 Å². The molecule has 0 saturated heterocycles. The quantitative estimate of drug-likeness (QED) is 0.528. The minimum Gasteiger partial charge on any atom is -0.497 e.